The highest BCUT2D eigenvalue weighted by Gasteiger charge is 2.37. The summed E-state index contributed by atoms with van der Waals surface area (Å²) in [7, 11) is 0. The number of guanidine groups is 1. The number of phenols is 1. The monoisotopic (exact) mass is 537 g/mol. The lowest BCUT2D eigenvalue weighted by Crippen LogP contribution is -2.57. The Morgan fingerprint density at radius 3 is 2.41 bits per heavy atom. The van der Waals surface area contributed by atoms with Gasteiger partial charge in [-0.3, -0.25) is 19.4 Å². The zero-order chi connectivity index (χ0) is 27.5. The van der Waals surface area contributed by atoms with Gasteiger partial charge in [0.25, 0.3) is 0 Å². The van der Waals surface area contributed by atoms with Crippen LogP contribution in [0.1, 0.15) is 31.2 Å². The van der Waals surface area contributed by atoms with Crippen LogP contribution < -0.4 is 27.8 Å². The number of phenolic OH excluding ortho intramolecular Hbond substituents is 1. The normalized spacial score (nSPS) is 17.4. The van der Waals surface area contributed by atoms with Crippen LogP contribution in [0.2, 0.25) is 0 Å². The molecule has 1 aromatic rings. The van der Waals surface area contributed by atoms with E-state index in [1.54, 1.807) is 12.1 Å². The highest BCUT2D eigenvalue weighted by molar-refractivity contribution is 7.80. The number of aliphatic carboxylic acids is 1. The van der Waals surface area contributed by atoms with Gasteiger partial charge in [-0.25, -0.2) is 4.79 Å². The lowest BCUT2D eigenvalue weighted by atomic mass is 10.0. The minimum atomic E-state index is -1.24. The van der Waals surface area contributed by atoms with Crippen molar-refractivity contribution in [2.45, 2.75) is 56.3 Å². The molecule has 10 N–H and O–H groups in total. The Morgan fingerprint density at radius 2 is 1.81 bits per heavy atom. The fraction of sp³-hybridized carbons (Fsp3) is 0.522. The smallest absolute Gasteiger partial charge is 0.326 e. The van der Waals surface area contributed by atoms with Crippen LogP contribution in [-0.2, 0) is 25.6 Å². The number of likely N-dealkylation sites (tertiary alicyclic amines) is 1. The Bertz CT molecular complexity index is 986. The first-order valence-electron chi connectivity index (χ1n) is 11.9. The summed E-state index contributed by atoms with van der Waals surface area (Å²) in [5.41, 5.74) is 17.4. The molecule has 1 aromatic carbocycles. The van der Waals surface area contributed by atoms with E-state index in [0.717, 1.165) is 5.56 Å². The first-order valence-corrected chi connectivity index (χ1v) is 12.5. The zero-order valence-corrected chi connectivity index (χ0v) is 21.3. The van der Waals surface area contributed by atoms with E-state index in [2.05, 4.69) is 28.3 Å². The van der Waals surface area contributed by atoms with Gasteiger partial charge < -0.3 is 42.9 Å². The second kappa shape index (κ2) is 14.3. The summed E-state index contributed by atoms with van der Waals surface area (Å²) < 4.78 is 0. The molecular formula is C23H35N7O6S. The van der Waals surface area contributed by atoms with Gasteiger partial charge in [0, 0.05) is 18.8 Å². The maximum Gasteiger partial charge on any atom is 0.326 e. The fourth-order valence-electron chi connectivity index (χ4n) is 3.98. The lowest BCUT2D eigenvalue weighted by molar-refractivity contribution is -0.143. The summed E-state index contributed by atoms with van der Waals surface area (Å²) in [4.78, 5) is 55.4. The molecule has 0 saturated carbocycles. The van der Waals surface area contributed by atoms with Gasteiger partial charge in [-0.05, 0) is 49.8 Å². The van der Waals surface area contributed by atoms with Crippen molar-refractivity contribution in [1.82, 2.24) is 15.5 Å². The molecule has 1 fully saturated rings. The molecule has 0 bridgehead atoms. The number of aromatic hydroxyl groups is 1. The van der Waals surface area contributed by atoms with Gasteiger partial charge in [0.2, 0.25) is 17.7 Å². The Kier molecular flexibility index (Phi) is 11.5. The number of aliphatic imine (C=N–C) groups is 1. The van der Waals surface area contributed by atoms with Gasteiger partial charge in [0.05, 0.1) is 6.04 Å². The number of nitrogens with zero attached hydrogens (tertiary/aromatic N) is 2. The third kappa shape index (κ3) is 9.13. The summed E-state index contributed by atoms with van der Waals surface area (Å²) in [6.45, 7) is 0.546. The third-order valence-corrected chi connectivity index (χ3v) is 6.29. The maximum absolute atomic E-state index is 13.0. The SMILES string of the molecule is NC(N)=NCCCC(NC(=O)C(CS)NC(=O)C1CCCN1C(=O)C(N)Cc1ccc(O)cc1)C(=O)O. The molecule has 1 aliphatic heterocycles. The summed E-state index contributed by atoms with van der Waals surface area (Å²) in [5.74, 6) is -2.99. The first kappa shape index (κ1) is 29.7. The van der Waals surface area contributed by atoms with Gasteiger partial charge in [0.1, 0.15) is 23.9 Å². The molecule has 2 rings (SSSR count). The number of carbonyl (C=O) groups excluding carboxylic acids is 3. The van der Waals surface area contributed by atoms with E-state index in [0.29, 0.717) is 25.8 Å². The third-order valence-electron chi connectivity index (χ3n) is 5.92. The highest BCUT2D eigenvalue weighted by atomic mass is 32.1. The average molecular weight is 538 g/mol. The largest absolute Gasteiger partial charge is 0.508 e. The van der Waals surface area contributed by atoms with E-state index < -0.39 is 47.9 Å². The number of hydrogen-bond donors (Lipinski definition) is 8. The van der Waals surface area contributed by atoms with E-state index in [1.807, 2.05) is 0 Å². The lowest BCUT2D eigenvalue weighted by Gasteiger charge is -2.28. The predicted molar refractivity (Wildman–Crippen MR) is 140 cm³/mol. The van der Waals surface area contributed by atoms with Gasteiger partial charge >= 0.3 is 5.97 Å². The Labute approximate surface area is 220 Å². The van der Waals surface area contributed by atoms with Crippen molar-refractivity contribution in [2.75, 3.05) is 18.8 Å². The molecule has 0 aliphatic carbocycles. The van der Waals surface area contributed by atoms with Crippen molar-refractivity contribution in [3.05, 3.63) is 29.8 Å². The summed E-state index contributed by atoms with van der Waals surface area (Å²) in [6, 6.07) is 2.30. The van der Waals surface area contributed by atoms with Crippen LogP contribution in [-0.4, -0.2) is 87.8 Å². The highest BCUT2D eigenvalue weighted by Crippen LogP contribution is 2.20. The molecule has 0 aromatic heterocycles. The maximum atomic E-state index is 13.0. The first-order chi connectivity index (χ1) is 17.5. The Morgan fingerprint density at radius 1 is 1.14 bits per heavy atom. The standard InChI is InChI=1S/C23H35N7O6S/c24-15(11-13-5-7-14(31)8-6-13)21(34)30-10-2-4-18(30)20(33)29-17(12-37)19(32)28-16(22(35)36)3-1-9-27-23(25)26/h5-8,15-18,31,37H,1-4,9-12,24H2,(H,28,32)(H,29,33)(H,35,36)(H4,25,26,27). The molecule has 37 heavy (non-hydrogen) atoms. The van der Waals surface area contributed by atoms with Crippen molar-refractivity contribution in [2.24, 2.45) is 22.2 Å². The van der Waals surface area contributed by atoms with Crippen molar-refractivity contribution >= 4 is 42.3 Å². The van der Waals surface area contributed by atoms with Crippen LogP contribution in [0.3, 0.4) is 0 Å². The molecule has 0 spiro atoms. The minimum absolute atomic E-state index is 0.0783. The molecule has 1 heterocycles. The van der Waals surface area contributed by atoms with Gasteiger partial charge in [-0.1, -0.05) is 12.1 Å². The van der Waals surface area contributed by atoms with Crippen LogP contribution in [0.4, 0.5) is 0 Å². The van der Waals surface area contributed by atoms with Crippen LogP contribution >= 0.6 is 12.6 Å². The second-order valence-corrected chi connectivity index (χ2v) is 9.12. The van der Waals surface area contributed by atoms with E-state index >= 15 is 0 Å². The number of benzene rings is 1. The topological polar surface area (TPSA) is 226 Å². The van der Waals surface area contributed by atoms with E-state index in [9.17, 15) is 29.4 Å². The van der Waals surface area contributed by atoms with E-state index in [1.165, 1.54) is 17.0 Å². The number of hydrogen-bond acceptors (Lipinski definition) is 8. The molecule has 4 unspecified atom stereocenters. The number of nitrogens with one attached hydrogen (secondary N) is 2. The fourth-order valence-corrected chi connectivity index (χ4v) is 4.24. The number of carbonyl (C=O) groups is 4. The van der Waals surface area contributed by atoms with Gasteiger partial charge in [-0.2, -0.15) is 12.6 Å². The number of thiol groups is 1. The predicted octanol–water partition coefficient (Wildman–Crippen LogP) is -1.71. The molecule has 3 amide bonds. The van der Waals surface area contributed by atoms with Crippen LogP contribution in [0.15, 0.2) is 29.3 Å². The van der Waals surface area contributed by atoms with Gasteiger partial charge in [0.15, 0.2) is 5.96 Å². The molecule has 1 saturated heterocycles. The quantitative estimate of drug-likeness (QED) is 0.0619. The molecular weight excluding hydrogens is 502 g/mol. The molecule has 14 heteroatoms. The van der Waals surface area contributed by atoms with Crippen LogP contribution in [0, 0.1) is 0 Å². The van der Waals surface area contributed by atoms with Crippen molar-refractivity contribution in [3.8, 4) is 5.75 Å². The second-order valence-electron chi connectivity index (χ2n) is 8.76. The molecule has 1 aliphatic rings. The minimum Gasteiger partial charge on any atom is -0.508 e. The number of nitrogens with two attached hydrogens (primary N) is 3. The number of amides is 3. The average Bonchev–Trinajstić information content (AvgIpc) is 3.34. The van der Waals surface area contributed by atoms with Crippen molar-refractivity contribution in [3.63, 3.8) is 0 Å². The van der Waals surface area contributed by atoms with Crippen LogP contribution in [0.25, 0.3) is 0 Å². The van der Waals surface area contributed by atoms with Crippen molar-refractivity contribution in [1.29, 1.82) is 0 Å². The Balaban J connectivity index is 1.96. The van der Waals surface area contributed by atoms with E-state index in [-0.39, 0.29) is 36.8 Å². The summed E-state index contributed by atoms with van der Waals surface area (Å²) >= 11 is 4.13. The molecule has 4 atom stereocenters. The van der Waals surface area contributed by atoms with Crippen LogP contribution in [0.5, 0.6) is 5.75 Å². The number of rotatable bonds is 13. The molecule has 0 radical (unpaired) electrons. The molecule has 13 nitrogen and oxygen atoms in total. The number of carboxylic acids is 1. The summed E-state index contributed by atoms with van der Waals surface area (Å²) in [6.07, 6.45) is 1.61. The molecule has 204 valence electrons. The Hall–Kier alpha value is -3.52. The van der Waals surface area contributed by atoms with Gasteiger partial charge in [-0.15, -0.1) is 0 Å². The van der Waals surface area contributed by atoms with E-state index in [4.69, 9.17) is 17.2 Å². The summed E-state index contributed by atoms with van der Waals surface area (Å²) in [5, 5.41) is 23.8. The number of carboxylic acid groups (broad SMARTS) is 1. The van der Waals surface area contributed by atoms with Crippen molar-refractivity contribution < 1.29 is 29.4 Å². The zero-order valence-electron chi connectivity index (χ0n) is 20.4.